The molecule has 0 aromatic heterocycles. The van der Waals surface area contributed by atoms with Crippen molar-refractivity contribution in [3.05, 3.63) is 53.6 Å². The molecular weight excluding hydrogens is 357 g/mol. The Hall–Kier alpha value is -2.70. The predicted molar refractivity (Wildman–Crippen MR) is 95.0 cm³/mol. The number of ether oxygens (including phenoxy) is 1. The molecule has 0 radical (unpaired) electrons. The maximum Gasteiger partial charge on any atom is 0.471 e. The summed E-state index contributed by atoms with van der Waals surface area (Å²) in [6.07, 6.45) is -4.05. The number of carbonyl (C=O) groups excluding carboxylic acids is 1. The van der Waals surface area contributed by atoms with Crippen LogP contribution in [0.4, 0.5) is 18.9 Å². The van der Waals surface area contributed by atoms with E-state index in [1.165, 1.54) is 0 Å². The van der Waals surface area contributed by atoms with Gasteiger partial charge in [-0.15, -0.1) is 0 Å². The van der Waals surface area contributed by atoms with Crippen molar-refractivity contribution in [2.24, 2.45) is 0 Å². The van der Waals surface area contributed by atoms with Crippen LogP contribution in [0.2, 0.25) is 0 Å². The third-order valence-electron chi connectivity index (χ3n) is 5.21. The van der Waals surface area contributed by atoms with E-state index in [1.54, 1.807) is 0 Å². The normalized spacial score (nSPS) is 21.3. The lowest BCUT2D eigenvalue weighted by molar-refractivity contribution is -0.174. The Morgan fingerprint density at radius 2 is 1.89 bits per heavy atom. The quantitative estimate of drug-likeness (QED) is 0.797. The molecule has 0 saturated carbocycles. The van der Waals surface area contributed by atoms with Crippen LogP contribution < -0.4 is 15.0 Å². The second kappa shape index (κ2) is 6.48. The first kappa shape index (κ1) is 17.7. The highest BCUT2D eigenvalue weighted by Gasteiger charge is 2.42. The van der Waals surface area contributed by atoms with Crippen LogP contribution in [0.3, 0.4) is 0 Å². The fourth-order valence-corrected chi connectivity index (χ4v) is 3.99. The molecule has 2 aromatic carbocycles. The molecule has 0 bridgehead atoms. The van der Waals surface area contributed by atoms with Gasteiger partial charge in [-0.05, 0) is 43.5 Å². The lowest BCUT2D eigenvalue weighted by Gasteiger charge is -2.41. The number of anilines is 1. The average Bonchev–Trinajstić information content (AvgIpc) is 2.75. The Bertz CT molecular complexity index is 882. The summed E-state index contributed by atoms with van der Waals surface area (Å²) in [6.45, 7) is 2.50. The number of benzene rings is 2. The Kier molecular flexibility index (Phi) is 4.25. The summed E-state index contributed by atoms with van der Waals surface area (Å²) in [4.78, 5) is 13.6. The number of halogens is 3. The van der Waals surface area contributed by atoms with E-state index in [-0.39, 0.29) is 6.04 Å². The molecule has 1 saturated heterocycles. The van der Waals surface area contributed by atoms with Gasteiger partial charge in [-0.25, -0.2) is 0 Å². The number of aryl methyl sites for hydroxylation is 1. The molecule has 1 N–H and O–H groups in total. The van der Waals surface area contributed by atoms with Crippen molar-refractivity contribution in [3.8, 4) is 11.5 Å². The Morgan fingerprint density at radius 1 is 1.15 bits per heavy atom. The SMILES string of the molecule is Cc1cccc2c1[C@@H]1C[C@@H](NC(=O)C(F)(F)F)CCN1c1ccccc1O2. The Labute approximate surface area is 154 Å². The lowest BCUT2D eigenvalue weighted by Crippen LogP contribution is -2.49. The van der Waals surface area contributed by atoms with Gasteiger partial charge in [0.1, 0.15) is 5.75 Å². The van der Waals surface area contributed by atoms with Gasteiger partial charge in [0.05, 0.1) is 11.7 Å². The van der Waals surface area contributed by atoms with Gasteiger partial charge in [0.25, 0.3) is 0 Å². The van der Waals surface area contributed by atoms with E-state index in [2.05, 4.69) is 10.2 Å². The van der Waals surface area contributed by atoms with Crippen LogP contribution in [0.5, 0.6) is 11.5 Å². The largest absolute Gasteiger partial charge is 0.471 e. The van der Waals surface area contributed by atoms with Crippen molar-refractivity contribution >= 4 is 11.6 Å². The summed E-state index contributed by atoms with van der Waals surface area (Å²) in [5.41, 5.74) is 2.89. The van der Waals surface area contributed by atoms with Gasteiger partial charge in [0, 0.05) is 18.2 Å². The molecule has 4 rings (SSSR count). The zero-order valence-corrected chi connectivity index (χ0v) is 14.7. The second-order valence-corrected chi connectivity index (χ2v) is 6.96. The van der Waals surface area contributed by atoms with Gasteiger partial charge in [-0.1, -0.05) is 24.3 Å². The van der Waals surface area contributed by atoms with Crippen molar-refractivity contribution in [1.82, 2.24) is 5.32 Å². The summed E-state index contributed by atoms with van der Waals surface area (Å²) in [6, 6.07) is 12.7. The van der Waals surface area contributed by atoms with E-state index < -0.39 is 18.1 Å². The van der Waals surface area contributed by atoms with Crippen molar-refractivity contribution in [3.63, 3.8) is 0 Å². The molecule has 4 nitrogen and oxygen atoms in total. The van der Waals surface area contributed by atoms with Crippen molar-refractivity contribution < 1.29 is 22.7 Å². The Morgan fingerprint density at radius 3 is 2.67 bits per heavy atom. The number of hydrogen-bond acceptors (Lipinski definition) is 3. The molecule has 7 heteroatoms. The molecule has 2 aliphatic heterocycles. The molecule has 0 unspecified atom stereocenters. The summed E-state index contributed by atoms with van der Waals surface area (Å²) < 4.78 is 44.1. The average molecular weight is 376 g/mol. The van der Waals surface area contributed by atoms with E-state index in [0.717, 1.165) is 22.6 Å². The smallest absolute Gasteiger partial charge is 0.455 e. The maximum absolute atomic E-state index is 12.7. The molecule has 1 fully saturated rings. The number of rotatable bonds is 1. The highest BCUT2D eigenvalue weighted by molar-refractivity contribution is 5.82. The first-order valence-electron chi connectivity index (χ1n) is 8.85. The van der Waals surface area contributed by atoms with E-state index in [9.17, 15) is 18.0 Å². The number of amides is 1. The van der Waals surface area contributed by atoms with E-state index in [4.69, 9.17) is 4.74 Å². The molecule has 142 valence electrons. The zero-order chi connectivity index (χ0) is 19.2. The summed E-state index contributed by atoms with van der Waals surface area (Å²) in [5.74, 6) is -0.446. The molecule has 0 spiro atoms. The van der Waals surface area contributed by atoms with Crippen LogP contribution in [-0.4, -0.2) is 24.7 Å². The fraction of sp³-hybridized carbons (Fsp3) is 0.350. The standard InChI is InChI=1S/C20H19F3N2O2/c1-12-5-4-8-17-18(12)15-11-13(24-19(26)20(21,22)23)9-10-25(15)14-6-2-3-7-16(14)27-17/h2-8,13,15H,9-11H2,1H3,(H,24,26)/t13-,15-/m0/s1. The minimum absolute atomic E-state index is 0.169. The third kappa shape index (κ3) is 3.22. The number of para-hydroxylation sites is 2. The molecule has 0 aliphatic carbocycles. The molecule has 27 heavy (non-hydrogen) atoms. The van der Waals surface area contributed by atoms with Gasteiger partial charge in [0.2, 0.25) is 0 Å². The van der Waals surface area contributed by atoms with E-state index >= 15 is 0 Å². The first-order valence-corrected chi connectivity index (χ1v) is 8.85. The van der Waals surface area contributed by atoms with Gasteiger partial charge >= 0.3 is 12.1 Å². The number of nitrogens with zero attached hydrogens (tertiary/aromatic N) is 1. The summed E-state index contributed by atoms with van der Waals surface area (Å²) in [7, 11) is 0. The van der Waals surface area contributed by atoms with Crippen LogP contribution >= 0.6 is 0 Å². The van der Waals surface area contributed by atoms with E-state index in [0.29, 0.717) is 25.1 Å². The monoisotopic (exact) mass is 376 g/mol. The highest BCUT2D eigenvalue weighted by atomic mass is 19.4. The topological polar surface area (TPSA) is 41.6 Å². The van der Waals surface area contributed by atoms with Gasteiger partial charge in [0.15, 0.2) is 5.75 Å². The van der Waals surface area contributed by atoms with Crippen LogP contribution in [-0.2, 0) is 4.79 Å². The number of piperidine rings is 1. The fourth-order valence-electron chi connectivity index (χ4n) is 3.99. The second-order valence-electron chi connectivity index (χ2n) is 6.96. The molecule has 1 amide bonds. The molecule has 2 aliphatic rings. The van der Waals surface area contributed by atoms with Crippen molar-refractivity contribution in [2.75, 3.05) is 11.4 Å². The predicted octanol–water partition coefficient (Wildman–Crippen LogP) is 4.49. The number of carbonyl (C=O) groups is 1. The van der Waals surface area contributed by atoms with Crippen LogP contribution in [0.25, 0.3) is 0 Å². The van der Waals surface area contributed by atoms with Gasteiger partial charge < -0.3 is 15.0 Å². The lowest BCUT2D eigenvalue weighted by atomic mass is 9.88. The molecule has 2 heterocycles. The molecular formula is C20H19F3N2O2. The minimum Gasteiger partial charge on any atom is -0.455 e. The molecule has 2 atom stereocenters. The molecule has 2 aromatic rings. The minimum atomic E-state index is -4.87. The maximum atomic E-state index is 12.7. The summed E-state index contributed by atoms with van der Waals surface area (Å²) in [5, 5.41) is 2.16. The van der Waals surface area contributed by atoms with Gasteiger partial charge in [-0.3, -0.25) is 4.79 Å². The zero-order valence-electron chi connectivity index (χ0n) is 14.7. The van der Waals surface area contributed by atoms with Crippen LogP contribution in [0, 0.1) is 6.92 Å². The van der Waals surface area contributed by atoms with Crippen molar-refractivity contribution in [2.45, 2.75) is 38.0 Å². The van der Waals surface area contributed by atoms with Crippen LogP contribution in [0.1, 0.15) is 30.0 Å². The first-order chi connectivity index (χ1) is 12.8. The van der Waals surface area contributed by atoms with Gasteiger partial charge in [-0.2, -0.15) is 13.2 Å². The van der Waals surface area contributed by atoms with Crippen LogP contribution in [0.15, 0.2) is 42.5 Å². The number of hydrogen-bond donors (Lipinski definition) is 1. The summed E-state index contributed by atoms with van der Waals surface area (Å²) >= 11 is 0. The third-order valence-corrected chi connectivity index (χ3v) is 5.21. The Balaban J connectivity index is 1.72. The number of fused-ring (bicyclic) bond motifs is 5. The number of alkyl halides is 3. The highest BCUT2D eigenvalue weighted by Crippen LogP contribution is 2.48. The van der Waals surface area contributed by atoms with E-state index in [1.807, 2.05) is 49.4 Å². The number of nitrogens with one attached hydrogen (secondary N) is 1. The van der Waals surface area contributed by atoms with Crippen molar-refractivity contribution in [1.29, 1.82) is 0 Å².